The summed E-state index contributed by atoms with van der Waals surface area (Å²) in [5.74, 6) is 0. The Balaban J connectivity index is 1.08. The van der Waals surface area contributed by atoms with Gasteiger partial charge >= 0.3 is 0 Å². The van der Waals surface area contributed by atoms with Crippen molar-refractivity contribution in [1.29, 1.82) is 0 Å². The summed E-state index contributed by atoms with van der Waals surface area (Å²) in [4.78, 5) is 4.95. The topological polar surface area (TPSA) is 6.48 Å². The quantitative estimate of drug-likeness (QED) is 0.150. The molecule has 332 valence electrons. The molecule has 0 bridgehead atoms. The van der Waals surface area contributed by atoms with Crippen molar-refractivity contribution in [1.82, 2.24) is 0 Å². The maximum atomic E-state index is 2.56. The number of anilines is 6. The van der Waals surface area contributed by atoms with Crippen LogP contribution in [0.3, 0.4) is 0 Å². The summed E-state index contributed by atoms with van der Waals surface area (Å²) in [7, 11) is 0. The van der Waals surface area contributed by atoms with Crippen LogP contribution in [0.4, 0.5) is 34.1 Å². The highest BCUT2D eigenvalue weighted by Gasteiger charge is 2.53. The van der Waals surface area contributed by atoms with Gasteiger partial charge in [-0.15, -0.1) is 0 Å². The fourth-order valence-corrected chi connectivity index (χ4v) is 12.0. The lowest BCUT2D eigenvalue weighted by molar-refractivity contribution is 0.795. The smallest absolute Gasteiger partial charge is 0.0727 e. The maximum absolute atomic E-state index is 2.56. The van der Waals surface area contributed by atoms with Gasteiger partial charge < -0.3 is 9.80 Å². The second kappa shape index (κ2) is 16.5. The minimum atomic E-state index is -0.658. The summed E-state index contributed by atoms with van der Waals surface area (Å²) >= 11 is 0. The van der Waals surface area contributed by atoms with E-state index in [1.807, 2.05) is 0 Å². The molecule has 0 unspecified atom stereocenters. The van der Waals surface area contributed by atoms with Crippen molar-refractivity contribution < 1.29 is 0 Å². The SMILES string of the molecule is c1ccc(-c2ccc(N(c3ccccc3)c3cc4c(c5ccccc35)-c3c(cc(N(c5ccccc5)c5ccc(-c6ccccc6)cc5)c5ccccc35)C43c4ccccc4-c4ccccc43)cc2)cc1. The van der Waals surface area contributed by atoms with Gasteiger partial charge in [0.2, 0.25) is 0 Å². The molecule has 0 amide bonds. The summed E-state index contributed by atoms with van der Waals surface area (Å²) < 4.78 is 0. The third-order valence-electron chi connectivity index (χ3n) is 15.0. The summed E-state index contributed by atoms with van der Waals surface area (Å²) in [6, 6.07) is 103. The van der Waals surface area contributed by atoms with Gasteiger partial charge in [0.15, 0.2) is 0 Å². The molecule has 0 fully saturated rings. The molecule has 2 nitrogen and oxygen atoms in total. The summed E-state index contributed by atoms with van der Waals surface area (Å²) in [5, 5.41) is 4.86. The van der Waals surface area contributed by atoms with Gasteiger partial charge in [-0.25, -0.2) is 0 Å². The van der Waals surface area contributed by atoms with E-state index in [9.17, 15) is 0 Å². The van der Waals surface area contributed by atoms with Crippen molar-refractivity contribution in [3.8, 4) is 44.5 Å². The third-order valence-corrected chi connectivity index (χ3v) is 15.0. The molecule has 0 aromatic heterocycles. The van der Waals surface area contributed by atoms with E-state index in [2.05, 4.69) is 289 Å². The largest absolute Gasteiger partial charge is 0.310 e. The van der Waals surface area contributed by atoms with Crippen LogP contribution in [-0.4, -0.2) is 0 Å². The number of nitrogens with zero attached hydrogens (tertiary/aromatic N) is 2. The van der Waals surface area contributed by atoms with Crippen molar-refractivity contribution in [2.24, 2.45) is 0 Å². The standard InChI is InChI=1S/C69H46N2/c1-5-21-47(22-6-1)49-37-41-53(42-38-49)70(51-25-9-3-10-26-51)65-45-63-67(59-33-15-13-31-57(59)65)68-60-34-16-14-32-58(60)66(46-64(68)69(63)61-35-19-17-29-55(61)56-30-18-20-36-62(56)69)71(52-27-11-4-12-28-52)54-43-39-50(40-44-54)48-23-7-2-8-24-48/h1-46H. The van der Waals surface area contributed by atoms with Crippen molar-refractivity contribution >= 4 is 55.7 Å². The Bertz CT molecular complexity index is 3700. The van der Waals surface area contributed by atoms with Gasteiger partial charge in [-0.05, 0) is 138 Å². The molecule has 2 heteroatoms. The fourth-order valence-electron chi connectivity index (χ4n) is 12.0. The lowest BCUT2D eigenvalue weighted by atomic mass is 9.70. The van der Waals surface area contributed by atoms with E-state index in [0.717, 1.165) is 34.1 Å². The molecule has 12 aromatic carbocycles. The Morgan fingerprint density at radius 1 is 0.225 bits per heavy atom. The summed E-state index contributed by atoms with van der Waals surface area (Å²) in [5.41, 5.74) is 21.1. The first kappa shape index (κ1) is 40.8. The molecule has 2 aliphatic carbocycles. The lowest BCUT2D eigenvalue weighted by Gasteiger charge is -2.34. The van der Waals surface area contributed by atoms with Crippen LogP contribution in [0.1, 0.15) is 22.3 Å². The zero-order valence-electron chi connectivity index (χ0n) is 39.0. The number of para-hydroxylation sites is 2. The van der Waals surface area contributed by atoms with Crippen LogP contribution in [0.2, 0.25) is 0 Å². The zero-order valence-corrected chi connectivity index (χ0v) is 39.0. The van der Waals surface area contributed by atoms with E-state index in [4.69, 9.17) is 0 Å². The first-order chi connectivity index (χ1) is 35.3. The first-order valence-corrected chi connectivity index (χ1v) is 24.6. The van der Waals surface area contributed by atoms with E-state index in [1.165, 1.54) is 88.3 Å². The molecule has 71 heavy (non-hydrogen) atoms. The Morgan fingerprint density at radius 3 is 0.915 bits per heavy atom. The van der Waals surface area contributed by atoms with Gasteiger partial charge in [0.05, 0.1) is 16.8 Å². The highest BCUT2D eigenvalue weighted by molar-refractivity contribution is 6.19. The molecule has 0 heterocycles. The van der Waals surface area contributed by atoms with Crippen LogP contribution < -0.4 is 9.80 Å². The highest BCUT2D eigenvalue weighted by Crippen LogP contribution is 2.67. The number of hydrogen-bond acceptors (Lipinski definition) is 2. The minimum Gasteiger partial charge on any atom is -0.310 e. The number of fused-ring (bicyclic) bond motifs is 14. The van der Waals surface area contributed by atoms with Crippen molar-refractivity contribution in [3.05, 3.63) is 301 Å². The predicted octanol–water partition coefficient (Wildman–Crippen LogP) is 18.6. The van der Waals surface area contributed by atoms with Gasteiger partial charge in [0.1, 0.15) is 0 Å². The first-order valence-electron chi connectivity index (χ1n) is 24.6. The van der Waals surface area contributed by atoms with Crippen molar-refractivity contribution in [2.45, 2.75) is 5.41 Å². The molecule has 14 rings (SSSR count). The molecule has 0 aliphatic heterocycles. The van der Waals surface area contributed by atoms with E-state index in [0.29, 0.717) is 0 Å². The molecule has 0 saturated carbocycles. The van der Waals surface area contributed by atoms with E-state index >= 15 is 0 Å². The van der Waals surface area contributed by atoms with Crippen molar-refractivity contribution in [3.63, 3.8) is 0 Å². The number of rotatable bonds is 8. The molecule has 2 aliphatic rings. The molecule has 0 saturated heterocycles. The maximum Gasteiger partial charge on any atom is 0.0727 e. The zero-order chi connectivity index (χ0) is 46.9. The molecule has 0 atom stereocenters. The lowest BCUT2D eigenvalue weighted by Crippen LogP contribution is -2.26. The predicted molar refractivity (Wildman–Crippen MR) is 298 cm³/mol. The second-order valence-corrected chi connectivity index (χ2v) is 18.7. The Hall–Kier alpha value is -9.24. The molecular weight excluding hydrogens is 857 g/mol. The second-order valence-electron chi connectivity index (χ2n) is 18.7. The highest BCUT2D eigenvalue weighted by atomic mass is 15.2. The van der Waals surface area contributed by atoms with Gasteiger partial charge in [0.25, 0.3) is 0 Å². The summed E-state index contributed by atoms with van der Waals surface area (Å²) in [6.45, 7) is 0. The van der Waals surface area contributed by atoms with Crippen LogP contribution in [0.15, 0.2) is 279 Å². The minimum absolute atomic E-state index is 0.658. The fraction of sp³-hybridized carbons (Fsp3) is 0.0145. The van der Waals surface area contributed by atoms with Crippen molar-refractivity contribution in [2.75, 3.05) is 9.80 Å². The van der Waals surface area contributed by atoms with Gasteiger partial charge in [-0.2, -0.15) is 0 Å². The molecule has 12 aromatic rings. The van der Waals surface area contributed by atoms with Crippen LogP contribution in [-0.2, 0) is 5.41 Å². The Morgan fingerprint density at radius 2 is 0.521 bits per heavy atom. The summed E-state index contributed by atoms with van der Waals surface area (Å²) in [6.07, 6.45) is 0. The van der Waals surface area contributed by atoms with Crippen LogP contribution >= 0.6 is 0 Å². The Kier molecular flexibility index (Phi) is 9.47. The van der Waals surface area contributed by atoms with E-state index in [-0.39, 0.29) is 0 Å². The average molecular weight is 903 g/mol. The normalized spacial score (nSPS) is 12.6. The molecule has 0 N–H and O–H groups in total. The van der Waals surface area contributed by atoms with Crippen LogP contribution in [0.25, 0.3) is 66.1 Å². The van der Waals surface area contributed by atoms with E-state index in [1.54, 1.807) is 0 Å². The van der Waals surface area contributed by atoms with E-state index < -0.39 is 5.41 Å². The molecular formula is C69H46N2. The third kappa shape index (κ3) is 6.28. The molecule has 0 radical (unpaired) electrons. The van der Waals surface area contributed by atoms with Gasteiger partial charge in [-0.3, -0.25) is 0 Å². The van der Waals surface area contributed by atoms with Gasteiger partial charge in [-0.1, -0.05) is 218 Å². The van der Waals surface area contributed by atoms with Gasteiger partial charge in [0, 0.05) is 33.5 Å². The molecule has 1 spiro atoms. The van der Waals surface area contributed by atoms with Crippen LogP contribution in [0, 0.1) is 0 Å². The average Bonchev–Trinajstić information content (AvgIpc) is 3.92. The number of hydrogen-bond donors (Lipinski definition) is 0. The number of benzene rings is 12. The van der Waals surface area contributed by atoms with Crippen LogP contribution in [0.5, 0.6) is 0 Å². The Labute approximate surface area is 414 Å². The monoisotopic (exact) mass is 902 g/mol.